The third-order valence-electron chi connectivity index (χ3n) is 3.16. The number of benzene rings is 1. The zero-order chi connectivity index (χ0) is 13.1. The van der Waals surface area contributed by atoms with Gasteiger partial charge in [0.25, 0.3) is 0 Å². The van der Waals surface area contributed by atoms with Crippen LogP contribution in [0.25, 0.3) is 0 Å². The monoisotopic (exact) mass is 238 g/mol. The number of hydrogen-bond acceptors (Lipinski definition) is 2. The predicted octanol–water partition coefficient (Wildman–Crippen LogP) is 3.98. The average Bonchev–Trinajstić information content (AvgIpc) is 2.76. The molecule has 1 aromatic carbocycles. The standard InChI is InChI=1S/C16H18N2/c1-5-8-15-14(6-2)17-16(18-15)13-10-7-9-11(3)12(13)4/h5-10H,1-4H3/b8-5-,14-6+. The maximum Gasteiger partial charge on any atom is 0.160 e. The molecule has 1 aliphatic rings. The molecular weight excluding hydrogens is 220 g/mol. The van der Waals surface area contributed by atoms with Crippen LogP contribution in [0.3, 0.4) is 0 Å². The normalized spacial score (nSPS) is 17.4. The summed E-state index contributed by atoms with van der Waals surface area (Å²) >= 11 is 0. The van der Waals surface area contributed by atoms with Crippen molar-refractivity contribution in [3.8, 4) is 0 Å². The molecule has 0 bridgehead atoms. The Labute approximate surface area is 108 Å². The fourth-order valence-corrected chi connectivity index (χ4v) is 1.97. The van der Waals surface area contributed by atoms with Crippen LogP contribution in [-0.4, -0.2) is 11.5 Å². The fourth-order valence-electron chi connectivity index (χ4n) is 1.97. The van der Waals surface area contributed by atoms with E-state index in [1.807, 2.05) is 32.1 Å². The summed E-state index contributed by atoms with van der Waals surface area (Å²) in [5, 5.41) is 0. The molecule has 0 spiro atoms. The van der Waals surface area contributed by atoms with E-state index in [0.717, 1.165) is 22.8 Å². The van der Waals surface area contributed by atoms with Gasteiger partial charge in [0, 0.05) is 5.56 Å². The van der Waals surface area contributed by atoms with Gasteiger partial charge >= 0.3 is 0 Å². The van der Waals surface area contributed by atoms with Gasteiger partial charge in [-0.1, -0.05) is 30.4 Å². The van der Waals surface area contributed by atoms with Crippen LogP contribution in [0.1, 0.15) is 30.5 Å². The van der Waals surface area contributed by atoms with E-state index in [0.29, 0.717) is 0 Å². The van der Waals surface area contributed by atoms with Gasteiger partial charge in [-0.3, -0.25) is 0 Å². The molecule has 1 aliphatic heterocycles. The molecule has 0 saturated heterocycles. The minimum atomic E-state index is 0.817. The van der Waals surface area contributed by atoms with Crippen molar-refractivity contribution in [2.45, 2.75) is 27.7 Å². The third-order valence-corrected chi connectivity index (χ3v) is 3.16. The van der Waals surface area contributed by atoms with Gasteiger partial charge in [0.05, 0.1) is 11.4 Å². The number of amidine groups is 1. The van der Waals surface area contributed by atoms with E-state index in [4.69, 9.17) is 0 Å². The first-order valence-corrected chi connectivity index (χ1v) is 6.20. The second kappa shape index (κ2) is 5.13. The summed E-state index contributed by atoms with van der Waals surface area (Å²) in [5.41, 5.74) is 5.53. The van der Waals surface area contributed by atoms with Crippen LogP contribution in [-0.2, 0) is 0 Å². The summed E-state index contributed by atoms with van der Waals surface area (Å²) < 4.78 is 0. The minimum absolute atomic E-state index is 0.817. The second-order valence-corrected chi connectivity index (χ2v) is 4.35. The zero-order valence-electron chi connectivity index (χ0n) is 11.4. The van der Waals surface area contributed by atoms with E-state index < -0.39 is 0 Å². The fraction of sp³-hybridized carbons (Fsp3) is 0.250. The van der Waals surface area contributed by atoms with Gasteiger partial charge in [0.2, 0.25) is 0 Å². The molecule has 92 valence electrons. The summed E-state index contributed by atoms with van der Waals surface area (Å²) in [6.45, 7) is 8.21. The zero-order valence-corrected chi connectivity index (χ0v) is 11.4. The van der Waals surface area contributed by atoms with Crippen LogP contribution in [0, 0.1) is 13.8 Å². The number of rotatable bonds is 2. The first kappa shape index (κ1) is 12.5. The molecule has 0 unspecified atom stereocenters. The quantitative estimate of drug-likeness (QED) is 0.744. The van der Waals surface area contributed by atoms with E-state index in [-0.39, 0.29) is 0 Å². The molecule has 2 heteroatoms. The van der Waals surface area contributed by atoms with Crippen molar-refractivity contribution in [2.24, 2.45) is 9.98 Å². The van der Waals surface area contributed by atoms with Crippen molar-refractivity contribution in [3.63, 3.8) is 0 Å². The Morgan fingerprint density at radius 2 is 1.83 bits per heavy atom. The van der Waals surface area contributed by atoms with Crippen LogP contribution in [0.2, 0.25) is 0 Å². The molecule has 0 atom stereocenters. The lowest BCUT2D eigenvalue weighted by Crippen LogP contribution is -1.99. The summed E-state index contributed by atoms with van der Waals surface area (Å²) in [4.78, 5) is 9.22. The topological polar surface area (TPSA) is 24.7 Å². The molecule has 2 rings (SSSR count). The van der Waals surface area contributed by atoms with Crippen molar-refractivity contribution >= 4 is 11.5 Å². The maximum atomic E-state index is 4.61. The Morgan fingerprint density at radius 3 is 2.50 bits per heavy atom. The first-order valence-electron chi connectivity index (χ1n) is 6.20. The first-order chi connectivity index (χ1) is 8.67. The Kier molecular flexibility index (Phi) is 3.56. The summed E-state index contributed by atoms with van der Waals surface area (Å²) in [6, 6.07) is 6.25. The Balaban J connectivity index is 2.50. The largest absolute Gasteiger partial charge is 0.227 e. The number of hydrogen-bond donors (Lipinski definition) is 0. The summed E-state index contributed by atoms with van der Waals surface area (Å²) in [7, 11) is 0. The Bertz CT molecular complexity index is 587. The molecule has 0 aromatic heterocycles. The highest BCUT2D eigenvalue weighted by Gasteiger charge is 2.16. The van der Waals surface area contributed by atoms with Crippen molar-refractivity contribution < 1.29 is 0 Å². The highest BCUT2D eigenvalue weighted by atomic mass is 15.0. The van der Waals surface area contributed by atoms with Gasteiger partial charge in [-0.25, -0.2) is 9.98 Å². The van der Waals surface area contributed by atoms with Gasteiger partial charge in [-0.15, -0.1) is 0 Å². The van der Waals surface area contributed by atoms with E-state index >= 15 is 0 Å². The average molecular weight is 238 g/mol. The SMILES string of the molecule is C/C=C\C1=NC(c2cccc(C)c2C)=N/C1=C/C. The molecule has 0 fully saturated rings. The molecule has 0 amide bonds. The highest BCUT2D eigenvalue weighted by Crippen LogP contribution is 2.20. The lowest BCUT2D eigenvalue weighted by atomic mass is 10.0. The lowest BCUT2D eigenvalue weighted by molar-refractivity contribution is 1.31. The van der Waals surface area contributed by atoms with Gasteiger partial charge in [0.15, 0.2) is 5.84 Å². The minimum Gasteiger partial charge on any atom is -0.227 e. The summed E-state index contributed by atoms with van der Waals surface area (Å²) in [5.74, 6) is 0.817. The van der Waals surface area contributed by atoms with Crippen molar-refractivity contribution in [1.82, 2.24) is 0 Å². The Hall–Kier alpha value is -1.96. The van der Waals surface area contributed by atoms with Crippen molar-refractivity contribution in [2.75, 3.05) is 0 Å². The molecule has 1 heterocycles. The van der Waals surface area contributed by atoms with Gasteiger partial charge < -0.3 is 0 Å². The van der Waals surface area contributed by atoms with Gasteiger partial charge in [-0.2, -0.15) is 0 Å². The third kappa shape index (κ3) is 2.19. The van der Waals surface area contributed by atoms with Gasteiger partial charge in [-0.05, 0) is 44.9 Å². The predicted molar refractivity (Wildman–Crippen MR) is 78.5 cm³/mol. The Morgan fingerprint density at radius 1 is 1.06 bits per heavy atom. The van der Waals surface area contributed by atoms with E-state index in [9.17, 15) is 0 Å². The van der Waals surface area contributed by atoms with E-state index in [1.165, 1.54) is 11.1 Å². The molecule has 2 nitrogen and oxygen atoms in total. The van der Waals surface area contributed by atoms with Crippen LogP contribution >= 0.6 is 0 Å². The summed E-state index contributed by atoms with van der Waals surface area (Å²) in [6.07, 6.45) is 5.98. The number of aryl methyl sites for hydroxylation is 1. The molecule has 0 radical (unpaired) electrons. The van der Waals surface area contributed by atoms with Gasteiger partial charge in [0.1, 0.15) is 0 Å². The molecule has 18 heavy (non-hydrogen) atoms. The molecule has 0 aliphatic carbocycles. The van der Waals surface area contributed by atoms with Crippen LogP contribution < -0.4 is 0 Å². The number of nitrogens with zero attached hydrogens (tertiary/aromatic N) is 2. The van der Waals surface area contributed by atoms with Crippen LogP contribution in [0.15, 0.2) is 52.1 Å². The van der Waals surface area contributed by atoms with Crippen molar-refractivity contribution in [3.05, 3.63) is 58.8 Å². The molecule has 0 saturated carbocycles. The number of aliphatic imine (C=N–C) groups is 2. The molecule has 1 aromatic rings. The van der Waals surface area contributed by atoms with E-state index in [1.54, 1.807) is 0 Å². The second-order valence-electron chi connectivity index (χ2n) is 4.35. The molecule has 0 N–H and O–H groups in total. The van der Waals surface area contributed by atoms with Crippen molar-refractivity contribution in [1.29, 1.82) is 0 Å². The number of allylic oxidation sites excluding steroid dienone is 3. The van der Waals surface area contributed by atoms with Crippen LogP contribution in [0.4, 0.5) is 0 Å². The lowest BCUT2D eigenvalue weighted by Gasteiger charge is -2.05. The van der Waals surface area contributed by atoms with Crippen LogP contribution in [0.5, 0.6) is 0 Å². The highest BCUT2D eigenvalue weighted by molar-refractivity contribution is 6.22. The maximum absolute atomic E-state index is 4.61. The van der Waals surface area contributed by atoms with E-state index in [2.05, 4.69) is 42.0 Å². The molecular formula is C16H18N2. The smallest absolute Gasteiger partial charge is 0.160 e.